The van der Waals surface area contributed by atoms with E-state index in [9.17, 15) is 9.90 Å². The number of ether oxygens (including phenoxy) is 1. The first-order valence-electron chi connectivity index (χ1n) is 7.50. The smallest absolute Gasteiger partial charge is 0.338 e. The number of thiazole rings is 1. The topological polar surface area (TPSA) is 83.8 Å². The van der Waals surface area contributed by atoms with Crippen molar-refractivity contribution in [2.24, 2.45) is 4.99 Å². The molecule has 0 radical (unpaired) electrons. The second kappa shape index (κ2) is 6.84. The molecule has 1 aliphatic heterocycles. The minimum absolute atomic E-state index is 0.162. The van der Waals surface area contributed by atoms with Crippen LogP contribution in [-0.4, -0.2) is 28.5 Å². The summed E-state index contributed by atoms with van der Waals surface area (Å²) in [5, 5.41) is 14.5. The second-order valence-corrected chi connectivity index (χ2v) is 5.95. The van der Waals surface area contributed by atoms with E-state index in [2.05, 4.69) is 15.3 Å². The molecule has 0 saturated heterocycles. The highest BCUT2D eigenvalue weighted by Gasteiger charge is 2.30. The molecule has 7 heteroatoms. The molecule has 6 nitrogen and oxygen atoms in total. The first-order chi connectivity index (χ1) is 11.6. The zero-order chi connectivity index (χ0) is 17.1. The number of aliphatic imine (C=N–C) groups is 1. The van der Waals surface area contributed by atoms with E-state index in [1.54, 1.807) is 36.7 Å². The van der Waals surface area contributed by atoms with Crippen molar-refractivity contribution in [2.75, 3.05) is 6.61 Å². The molecule has 0 unspecified atom stereocenters. The van der Waals surface area contributed by atoms with Crippen molar-refractivity contribution in [3.63, 3.8) is 0 Å². The van der Waals surface area contributed by atoms with Crippen molar-refractivity contribution in [3.05, 3.63) is 57.7 Å². The third-order valence-electron chi connectivity index (χ3n) is 3.62. The van der Waals surface area contributed by atoms with Crippen LogP contribution in [0.3, 0.4) is 0 Å². The average molecular weight is 343 g/mol. The van der Waals surface area contributed by atoms with Crippen LogP contribution < -0.4 is 5.32 Å². The molecule has 1 aliphatic rings. The predicted molar refractivity (Wildman–Crippen MR) is 92.0 cm³/mol. The number of phenolic OH excluding ortho intramolecular Hbond substituents is 1. The number of carbonyl (C=O) groups excluding carboxylic acids is 1. The first-order valence-corrected chi connectivity index (χ1v) is 8.44. The molecule has 0 amide bonds. The van der Waals surface area contributed by atoms with Gasteiger partial charge in [-0.2, -0.15) is 0 Å². The lowest BCUT2D eigenvalue weighted by molar-refractivity contribution is -0.138. The largest absolute Gasteiger partial charge is 0.508 e. The molecule has 2 N–H and O–H groups in total. The molecule has 2 heterocycles. The Hall–Kier alpha value is -2.67. The van der Waals surface area contributed by atoms with Crippen LogP contribution >= 0.6 is 11.3 Å². The Labute approximate surface area is 143 Å². The summed E-state index contributed by atoms with van der Waals surface area (Å²) in [6.07, 6.45) is 0. The van der Waals surface area contributed by atoms with Gasteiger partial charge in [-0.05, 0) is 31.5 Å². The summed E-state index contributed by atoms with van der Waals surface area (Å²) in [7, 11) is 0. The average Bonchev–Trinajstić information content (AvgIpc) is 3.09. The van der Waals surface area contributed by atoms with Gasteiger partial charge in [-0.15, -0.1) is 11.3 Å². The summed E-state index contributed by atoms with van der Waals surface area (Å²) in [4.78, 5) is 21.3. The van der Waals surface area contributed by atoms with Crippen molar-refractivity contribution in [1.82, 2.24) is 10.3 Å². The summed E-state index contributed by atoms with van der Waals surface area (Å²) in [6.45, 7) is 3.88. The second-order valence-electron chi connectivity index (χ2n) is 5.23. The molecule has 0 saturated carbocycles. The Morgan fingerprint density at radius 2 is 2.12 bits per heavy atom. The van der Waals surface area contributed by atoms with Gasteiger partial charge < -0.3 is 15.2 Å². The summed E-state index contributed by atoms with van der Waals surface area (Å²) >= 11 is 1.48. The normalized spacial score (nSPS) is 17.2. The molecule has 0 aliphatic carbocycles. The fourth-order valence-corrected chi connectivity index (χ4v) is 3.04. The van der Waals surface area contributed by atoms with E-state index < -0.39 is 12.0 Å². The standard InChI is InChI=1S/C17H17N3O3S/c1-3-23-17(22)14-10(2)19-16(13-8-24-9-18-13)20-15(14)11-4-6-12(21)7-5-11/h4-9,15,21H,3H2,1-2H3,(H,19,20)/t15-/m0/s1. The van der Waals surface area contributed by atoms with Crippen LogP contribution in [0.15, 0.2) is 51.4 Å². The van der Waals surface area contributed by atoms with Gasteiger partial charge in [-0.3, -0.25) is 4.99 Å². The van der Waals surface area contributed by atoms with E-state index in [1.807, 2.05) is 12.3 Å². The molecule has 0 bridgehead atoms. The molecule has 3 rings (SSSR count). The van der Waals surface area contributed by atoms with Crippen LogP contribution in [0.4, 0.5) is 0 Å². The molecule has 0 spiro atoms. The van der Waals surface area contributed by atoms with Crippen LogP contribution in [0.25, 0.3) is 0 Å². The lowest BCUT2D eigenvalue weighted by Crippen LogP contribution is -2.33. The number of nitrogens with zero attached hydrogens (tertiary/aromatic N) is 2. The fraction of sp³-hybridized carbons (Fsp3) is 0.235. The number of hydrogen-bond donors (Lipinski definition) is 2. The zero-order valence-electron chi connectivity index (χ0n) is 13.3. The molecular weight excluding hydrogens is 326 g/mol. The van der Waals surface area contributed by atoms with Gasteiger partial charge in [0.2, 0.25) is 0 Å². The lowest BCUT2D eigenvalue weighted by Gasteiger charge is -2.25. The molecule has 2 aromatic rings. The number of phenols is 1. The summed E-state index contributed by atoms with van der Waals surface area (Å²) in [6, 6.07) is 6.14. The van der Waals surface area contributed by atoms with Gasteiger partial charge in [0.1, 0.15) is 17.5 Å². The Kier molecular flexibility index (Phi) is 4.61. The Morgan fingerprint density at radius 1 is 1.38 bits per heavy atom. The number of allylic oxidation sites excluding steroid dienone is 1. The van der Waals surface area contributed by atoms with E-state index in [4.69, 9.17) is 4.74 Å². The number of esters is 1. The third-order valence-corrected chi connectivity index (χ3v) is 4.21. The maximum Gasteiger partial charge on any atom is 0.338 e. The highest BCUT2D eigenvalue weighted by Crippen LogP contribution is 2.33. The number of hydrogen-bond acceptors (Lipinski definition) is 7. The molecular formula is C17H17N3O3S. The Bertz CT molecular complexity index is 795. The molecule has 1 aromatic heterocycles. The third kappa shape index (κ3) is 3.16. The van der Waals surface area contributed by atoms with Gasteiger partial charge in [-0.25, -0.2) is 9.78 Å². The van der Waals surface area contributed by atoms with Crippen molar-refractivity contribution in [3.8, 4) is 5.75 Å². The molecule has 24 heavy (non-hydrogen) atoms. The first kappa shape index (κ1) is 16.2. The van der Waals surface area contributed by atoms with Gasteiger partial charge in [0.05, 0.1) is 17.7 Å². The number of amidine groups is 1. The summed E-state index contributed by atoms with van der Waals surface area (Å²) < 4.78 is 5.18. The van der Waals surface area contributed by atoms with Crippen LogP contribution in [-0.2, 0) is 9.53 Å². The molecule has 124 valence electrons. The summed E-state index contributed by atoms with van der Waals surface area (Å²) in [5.74, 6) is 0.372. The number of benzene rings is 1. The highest BCUT2D eigenvalue weighted by molar-refractivity contribution is 7.07. The Balaban J connectivity index is 2.06. The lowest BCUT2D eigenvalue weighted by atomic mass is 9.96. The maximum absolute atomic E-state index is 12.4. The summed E-state index contributed by atoms with van der Waals surface area (Å²) in [5.41, 5.74) is 4.40. The number of carbonyl (C=O) groups is 1. The van der Waals surface area contributed by atoms with Crippen LogP contribution in [0.2, 0.25) is 0 Å². The van der Waals surface area contributed by atoms with E-state index in [0.717, 1.165) is 11.3 Å². The zero-order valence-corrected chi connectivity index (χ0v) is 14.1. The monoisotopic (exact) mass is 343 g/mol. The van der Waals surface area contributed by atoms with Gasteiger partial charge >= 0.3 is 5.97 Å². The van der Waals surface area contributed by atoms with E-state index in [-0.39, 0.29) is 5.75 Å². The number of aromatic hydroxyl groups is 1. The van der Waals surface area contributed by atoms with Crippen molar-refractivity contribution in [2.45, 2.75) is 19.9 Å². The fourth-order valence-electron chi connectivity index (χ4n) is 2.51. The van der Waals surface area contributed by atoms with E-state index in [1.165, 1.54) is 11.3 Å². The Morgan fingerprint density at radius 3 is 2.75 bits per heavy atom. The number of nitrogens with one attached hydrogen (secondary N) is 1. The SMILES string of the molecule is CCOC(=O)C1=C(C)NC(c2cscn2)=N[C@H]1c1ccc(O)cc1. The highest BCUT2D eigenvalue weighted by atomic mass is 32.1. The minimum atomic E-state index is -0.511. The van der Waals surface area contributed by atoms with Gasteiger partial charge in [0.25, 0.3) is 0 Å². The van der Waals surface area contributed by atoms with Crippen molar-refractivity contribution in [1.29, 1.82) is 0 Å². The quantitative estimate of drug-likeness (QED) is 0.834. The van der Waals surface area contributed by atoms with E-state index in [0.29, 0.717) is 23.7 Å². The van der Waals surface area contributed by atoms with Gasteiger partial charge in [-0.1, -0.05) is 12.1 Å². The predicted octanol–water partition coefficient (Wildman–Crippen LogP) is 2.78. The van der Waals surface area contributed by atoms with Gasteiger partial charge in [0.15, 0.2) is 5.84 Å². The minimum Gasteiger partial charge on any atom is -0.508 e. The molecule has 1 aromatic carbocycles. The van der Waals surface area contributed by atoms with Crippen LogP contribution in [0.5, 0.6) is 5.75 Å². The number of rotatable bonds is 4. The maximum atomic E-state index is 12.4. The molecule has 1 atom stereocenters. The van der Waals surface area contributed by atoms with Crippen LogP contribution in [0, 0.1) is 0 Å². The van der Waals surface area contributed by atoms with Crippen LogP contribution in [0.1, 0.15) is 31.1 Å². The van der Waals surface area contributed by atoms with Crippen molar-refractivity contribution >= 4 is 23.1 Å². The van der Waals surface area contributed by atoms with Crippen molar-refractivity contribution < 1.29 is 14.6 Å². The van der Waals surface area contributed by atoms with Gasteiger partial charge in [0, 0.05) is 11.1 Å². The molecule has 0 fully saturated rings. The number of aromatic nitrogens is 1. The van der Waals surface area contributed by atoms with E-state index >= 15 is 0 Å².